The second kappa shape index (κ2) is 9.00. The van der Waals surface area contributed by atoms with Crippen molar-refractivity contribution in [3.05, 3.63) is 11.6 Å². The maximum Gasteiger partial charge on any atom is 0.239 e. The number of carbonyl (C=O) groups excluding carboxylic acids is 1. The molecular weight excluding hydrogens is 330 g/mol. The van der Waals surface area contributed by atoms with Crippen molar-refractivity contribution in [3.63, 3.8) is 0 Å². The summed E-state index contributed by atoms with van der Waals surface area (Å²) in [6.45, 7) is 8.42. The van der Waals surface area contributed by atoms with Crippen molar-refractivity contribution in [2.24, 2.45) is 12.0 Å². The van der Waals surface area contributed by atoms with Crippen molar-refractivity contribution >= 4 is 11.9 Å². The molecule has 0 bridgehead atoms. The SMILES string of the molecule is Cc1nnc(CN=C(NCC(=O)NC(C)(C)C)NC2CCCCC2)n1C. The zero-order valence-electron chi connectivity index (χ0n) is 16.7. The van der Waals surface area contributed by atoms with Crippen LogP contribution in [0, 0.1) is 6.92 Å². The van der Waals surface area contributed by atoms with Crippen LogP contribution in [0.1, 0.15) is 64.5 Å². The van der Waals surface area contributed by atoms with Gasteiger partial charge in [-0.15, -0.1) is 10.2 Å². The molecule has 0 saturated heterocycles. The van der Waals surface area contributed by atoms with Gasteiger partial charge >= 0.3 is 0 Å². The van der Waals surface area contributed by atoms with Crippen molar-refractivity contribution in [3.8, 4) is 0 Å². The van der Waals surface area contributed by atoms with Crippen molar-refractivity contribution < 1.29 is 4.79 Å². The molecule has 0 radical (unpaired) electrons. The first kappa shape index (κ1) is 20.2. The molecule has 26 heavy (non-hydrogen) atoms. The van der Waals surface area contributed by atoms with Crippen LogP contribution in [0.25, 0.3) is 0 Å². The quantitative estimate of drug-likeness (QED) is 0.543. The Balaban J connectivity index is 1.99. The molecule has 1 fully saturated rings. The van der Waals surface area contributed by atoms with Gasteiger partial charge in [0, 0.05) is 18.6 Å². The lowest BCUT2D eigenvalue weighted by molar-refractivity contribution is -0.121. The van der Waals surface area contributed by atoms with E-state index in [1.54, 1.807) is 0 Å². The molecule has 1 aromatic heterocycles. The van der Waals surface area contributed by atoms with E-state index in [-0.39, 0.29) is 18.0 Å². The lowest BCUT2D eigenvalue weighted by atomic mass is 9.96. The molecule has 1 amide bonds. The molecule has 1 aliphatic rings. The number of amides is 1. The van der Waals surface area contributed by atoms with Crippen LogP contribution in [0.4, 0.5) is 0 Å². The van der Waals surface area contributed by atoms with Crippen LogP contribution >= 0.6 is 0 Å². The molecule has 0 spiro atoms. The van der Waals surface area contributed by atoms with Crippen LogP contribution in [-0.2, 0) is 18.4 Å². The summed E-state index contributed by atoms with van der Waals surface area (Å²) < 4.78 is 1.92. The molecule has 0 aliphatic heterocycles. The molecule has 0 unspecified atom stereocenters. The fraction of sp³-hybridized carbons (Fsp3) is 0.778. The van der Waals surface area contributed by atoms with Crippen LogP contribution in [-0.4, -0.2) is 44.8 Å². The predicted octanol–water partition coefficient (Wildman–Crippen LogP) is 1.41. The first-order valence-electron chi connectivity index (χ1n) is 9.45. The molecule has 1 heterocycles. The minimum Gasteiger partial charge on any atom is -0.354 e. The van der Waals surface area contributed by atoms with E-state index in [0.717, 1.165) is 24.5 Å². The molecular formula is C18H33N7O. The number of aromatic nitrogens is 3. The van der Waals surface area contributed by atoms with Gasteiger partial charge in [0.15, 0.2) is 11.8 Å². The minimum atomic E-state index is -0.247. The average Bonchev–Trinajstić information content (AvgIpc) is 2.88. The summed E-state index contributed by atoms with van der Waals surface area (Å²) in [6, 6.07) is 0.405. The van der Waals surface area contributed by atoms with Gasteiger partial charge < -0.3 is 20.5 Å². The summed E-state index contributed by atoms with van der Waals surface area (Å²) in [5.74, 6) is 2.26. The Labute approximate surface area is 156 Å². The summed E-state index contributed by atoms with van der Waals surface area (Å²) in [5.41, 5.74) is -0.247. The standard InChI is InChI=1S/C18H33N7O/c1-13-23-24-15(25(13)5)11-19-17(21-14-9-7-6-8-10-14)20-12-16(26)22-18(2,3)4/h14H,6-12H2,1-5H3,(H,22,26)(H2,19,20,21). The molecule has 0 aromatic carbocycles. The van der Waals surface area contributed by atoms with Crippen LogP contribution in [0.3, 0.4) is 0 Å². The van der Waals surface area contributed by atoms with Gasteiger partial charge in [0.1, 0.15) is 12.4 Å². The average molecular weight is 364 g/mol. The van der Waals surface area contributed by atoms with Crippen molar-refractivity contribution in [2.45, 2.75) is 77.9 Å². The number of nitrogens with zero attached hydrogens (tertiary/aromatic N) is 4. The lowest BCUT2D eigenvalue weighted by Gasteiger charge is -2.25. The Kier molecular flexibility index (Phi) is 6.99. The molecule has 1 saturated carbocycles. The van der Waals surface area contributed by atoms with Crippen molar-refractivity contribution in [2.75, 3.05) is 6.54 Å². The summed E-state index contributed by atoms with van der Waals surface area (Å²) in [6.07, 6.45) is 6.04. The van der Waals surface area contributed by atoms with Gasteiger partial charge in [-0.1, -0.05) is 19.3 Å². The van der Waals surface area contributed by atoms with Gasteiger partial charge in [0.25, 0.3) is 0 Å². The van der Waals surface area contributed by atoms with Crippen LogP contribution < -0.4 is 16.0 Å². The van der Waals surface area contributed by atoms with Gasteiger partial charge in [-0.3, -0.25) is 4.79 Å². The van der Waals surface area contributed by atoms with Crippen LogP contribution in [0.15, 0.2) is 4.99 Å². The Morgan fingerprint density at radius 3 is 2.50 bits per heavy atom. The number of carbonyl (C=O) groups is 1. The number of aryl methyl sites for hydroxylation is 1. The highest BCUT2D eigenvalue weighted by Gasteiger charge is 2.17. The zero-order chi connectivity index (χ0) is 19.2. The highest BCUT2D eigenvalue weighted by molar-refractivity contribution is 5.86. The Morgan fingerprint density at radius 1 is 1.23 bits per heavy atom. The lowest BCUT2D eigenvalue weighted by Crippen LogP contribution is -2.50. The fourth-order valence-electron chi connectivity index (χ4n) is 2.96. The third-order valence-corrected chi connectivity index (χ3v) is 4.44. The van der Waals surface area contributed by atoms with E-state index < -0.39 is 0 Å². The number of hydrogen-bond acceptors (Lipinski definition) is 4. The van der Waals surface area contributed by atoms with E-state index >= 15 is 0 Å². The Morgan fingerprint density at radius 2 is 1.92 bits per heavy atom. The molecule has 1 aliphatic carbocycles. The van der Waals surface area contributed by atoms with Gasteiger partial charge in [-0.05, 0) is 40.5 Å². The maximum absolute atomic E-state index is 12.1. The molecule has 8 heteroatoms. The highest BCUT2D eigenvalue weighted by Crippen LogP contribution is 2.17. The third kappa shape index (κ3) is 6.65. The molecule has 3 N–H and O–H groups in total. The summed E-state index contributed by atoms with van der Waals surface area (Å²) in [4.78, 5) is 16.7. The predicted molar refractivity (Wildman–Crippen MR) is 103 cm³/mol. The normalized spacial score (nSPS) is 16.4. The number of nitrogens with one attached hydrogen (secondary N) is 3. The zero-order valence-corrected chi connectivity index (χ0v) is 16.7. The number of hydrogen-bond donors (Lipinski definition) is 3. The number of rotatable bonds is 5. The molecule has 146 valence electrons. The fourth-order valence-corrected chi connectivity index (χ4v) is 2.96. The van der Waals surface area contributed by atoms with Crippen LogP contribution in [0.2, 0.25) is 0 Å². The van der Waals surface area contributed by atoms with Crippen molar-refractivity contribution in [1.29, 1.82) is 0 Å². The summed E-state index contributed by atoms with van der Waals surface area (Å²) >= 11 is 0. The van der Waals surface area contributed by atoms with E-state index in [9.17, 15) is 4.79 Å². The van der Waals surface area contributed by atoms with E-state index in [1.165, 1.54) is 19.3 Å². The first-order chi connectivity index (χ1) is 12.2. The summed E-state index contributed by atoms with van der Waals surface area (Å²) in [7, 11) is 1.93. The van der Waals surface area contributed by atoms with Gasteiger partial charge in [0.2, 0.25) is 5.91 Å². The second-order valence-corrected chi connectivity index (χ2v) is 8.02. The number of guanidine groups is 1. The van der Waals surface area contributed by atoms with E-state index in [4.69, 9.17) is 0 Å². The van der Waals surface area contributed by atoms with E-state index in [1.807, 2.05) is 39.3 Å². The Bertz CT molecular complexity index is 624. The minimum absolute atomic E-state index is 0.0508. The molecule has 0 atom stereocenters. The highest BCUT2D eigenvalue weighted by atomic mass is 16.2. The maximum atomic E-state index is 12.1. The van der Waals surface area contributed by atoms with Gasteiger partial charge in [-0.25, -0.2) is 4.99 Å². The monoisotopic (exact) mass is 363 g/mol. The molecule has 2 rings (SSSR count). The van der Waals surface area contributed by atoms with Crippen molar-refractivity contribution in [1.82, 2.24) is 30.7 Å². The summed E-state index contributed by atoms with van der Waals surface area (Å²) in [5, 5.41) is 17.8. The Hall–Kier alpha value is -2.12. The molecule has 8 nitrogen and oxygen atoms in total. The van der Waals surface area contributed by atoms with E-state index in [2.05, 4.69) is 31.1 Å². The smallest absolute Gasteiger partial charge is 0.239 e. The topological polar surface area (TPSA) is 96.2 Å². The van der Waals surface area contributed by atoms with Gasteiger partial charge in [0.05, 0.1) is 6.54 Å². The number of aliphatic imine (C=N–C) groups is 1. The third-order valence-electron chi connectivity index (χ3n) is 4.44. The molecule has 1 aromatic rings. The largest absolute Gasteiger partial charge is 0.354 e. The second-order valence-electron chi connectivity index (χ2n) is 8.02. The van der Waals surface area contributed by atoms with E-state index in [0.29, 0.717) is 18.5 Å². The van der Waals surface area contributed by atoms with Crippen LogP contribution in [0.5, 0.6) is 0 Å². The first-order valence-corrected chi connectivity index (χ1v) is 9.45. The van der Waals surface area contributed by atoms with Gasteiger partial charge in [-0.2, -0.15) is 0 Å².